The van der Waals surface area contributed by atoms with Crippen molar-refractivity contribution in [1.29, 1.82) is 0 Å². The lowest BCUT2D eigenvalue weighted by atomic mass is 9.98. The quantitative estimate of drug-likeness (QED) is 0.190. The lowest BCUT2D eigenvalue weighted by molar-refractivity contribution is 0.0695. The molecule has 0 spiro atoms. The molecule has 2 fully saturated rings. The van der Waals surface area contributed by atoms with Crippen LogP contribution in [0.4, 0.5) is 15.9 Å². The highest BCUT2D eigenvalue weighted by atomic mass is 35.5. The van der Waals surface area contributed by atoms with Crippen LogP contribution in [0.5, 0.6) is 5.88 Å². The fraction of sp³-hybridized carbons (Fsp3) is 0.324. The summed E-state index contributed by atoms with van der Waals surface area (Å²) < 4.78 is 29.1. The molecule has 2 aliphatic rings. The maximum Gasteiger partial charge on any atom is 0.341 e. The van der Waals surface area contributed by atoms with Crippen LogP contribution in [-0.2, 0) is 4.74 Å². The van der Waals surface area contributed by atoms with Gasteiger partial charge < -0.3 is 28.9 Å². The minimum absolute atomic E-state index is 0.00999. The molecule has 4 aromatic heterocycles. The molecule has 7 rings (SSSR count). The highest BCUT2D eigenvalue weighted by Crippen LogP contribution is 2.38. The zero-order valence-corrected chi connectivity index (χ0v) is 28.9. The molecule has 14 heteroatoms. The Balaban J connectivity index is 1.24. The van der Waals surface area contributed by atoms with E-state index < -0.39 is 22.8 Å². The van der Waals surface area contributed by atoms with E-state index in [1.54, 1.807) is 54.7 Å². The van der Waals surface area contributed by atoms with Gasteiger partial charge in [0.15, 0.2) is 0 Å². The molecule has 6 heterocycles. The monoisotopic (exact) mass is 713 g/mol. The van der Waals surface area contributed by atoms with Gasteiger partial charge in [0.25, 0.3) is 0 Å². The number of carboxylic acids is 1. The van der Waals surface area contributed by atoms with Crippen molar-refractivity contribution in [1.82, 2.24) is 24.4 Å². The van der Waals surface area contributed by atoms with E-state index in [1.807, 2.05) is 29.2 Å². The van der Waals surface area contributed by atoms with E-state index in [0.717, 1.165) is 37.1 Å². The van der Waals surface area contributed by atoms with Crippen LogP contribution >= 0.6 is 11.6 Å². The van der Waals surface area contributed by atoms with E-state index in [1.165, 1.54) is 6.20 Å². The largest absolute Gasteiger partial charge is 0.477 e. The molecule has 0 saturated carbocycles. The van der Waals surface area contributed by atoms with E-state index in [9.17, 15) is 14.7 Å². The molecule has 1 aromatic carbocycles. The molecule has 264 valence electrons. The molecule has 2 aliphatic heterocycles. The zero-order valence-electron chi connectivity index (χ0n) is 28.2. The average Bonchev–Trinajstić information content (AvgIpc) is 3.54. The van der Waals surface area contributed by atoms with Crippen LogP contribution in [0.3, 0.4) is 0 Å². The molecule has 1 unspecified atom stereocenters. The Bertz CT molecular complexity index is 2100. The molecule has 5 aromatic rings. The Morgan fingerprint density at radius 1 is 1.10 bits per heavy atom. The Kier molecular flexibility index (Phi) is 9.85. The number of benzene rings is 1. The summed E-state index contributed by atoms with van der Waals surface area (Å²) in [6.45, 7) is 3.74. The second kappa shape index (κ2) is 14.6. The van der Waals surface area contributed by atoms with Gasteiger partial charge in [-0.25, -0.2) is 19.2 Å². The minimum Gasteiger partial charge on any atom is -0.477 e. The fourth-order valence-corrected chi connectivity index (χ4v) is 7.02. The van der Waals surface area contributed by atoms with E-state index >= 15 is 4.39 Å². The molecule has 2 saturated heterocycles. The topological polar surface area (TPSA) is 126 Å². The number of anilines is 2. The molecular weight excluding hydrogens is 677 g/mol. The smallest absolute Gasteiger partial charge is 0.341 e. The number of fused-ring (bicyclic) bond motifs is 1. The summed E-state index contributed by atoms with van der Waals surface area (Å²) in [4.78, 5) is 45.2. The van der Waals surface area contributed by atoms with Crippen molar-refractivity contribution in [2.45, 2.75) is 24.4 Å². The molecule has 0 bridgehead atoms. The first-order chi connectivity index (χ1) is 24.7. The normalized spacial score (nSPS) is 17.7. The number of nitrogens with zero attached hydrogens (tertiary/aromatic N) is 7. The van der Waals surface area contributed by atoms with Gasteiger partial charge in [0.1, 0.15) is 28.8 Å². The van der Waals surface area contributed by atoms with Gasteiger partial charge in [-0.2, -0.15) is 0 Å². The maximum absolute atomic E-state index is 16.2. The second-order valence-electron chi connectivity index (χ2n) is 12.9. The van der Waals surface area contributed by atoms with Gasteiger partial charge in [-0.3, -0.25) is 14.7 Å². The lowest BCUT2D eigenvalue weighted by Crippen LogP contribution is -2.59. The zero-order chi connectivity index (χ0) is 35.6. The third kappa shape index (κ3) is 6.96. The van der Waals surface area contributed by atoms with Crippen molar-refractivity contribution >= 4 is 40.0 Å². The van der Waals surface area contributed by atoms with Crippen molar-refractivity contribution in [3.05, 3.63) is 112 Å². The number of carbonyl (C=O) groups is 1. The maximum atomic E-state index is 16.2. The third-order valence-corrected chi connectivity index (χ3v) is 10.1. The number of ether oxygens (including phenoxy) is 2. The number of halogens is 2. The first-order valence-corrected chi connectivity index (χ1v) is 17.0. The lowest BCUT2D eigenvalue weighted by Gasteiger charge is -2.44. The number of hydrogen-bond donors (Lipinski definition) is 1. The Labute approximate surface area is 298 Å². The van der Waals surface area contributed by atoms with Crippen LogP contribution in [0.25, 0.3) is 16.6 Å². The Morgan fingerprint density at radius 2 is 1.92 bits per heavy atom. The van der Waals surface area contributed by atoms with E-state index in [4.69, 9.17) is 21.1 Å². The van der Waals surface area contributed by atoms with E-state index in [-0.39, 0.29) is 35.5 Å². The van der Waals surface area contributed by atoms with Crippen LogP contribution in [0.15, 0.2) is 84.3 Å². The number of carboxylic acid groups (broad SMARTS) is 1. The summed E-state index contributed by atoms with van der Waals surface area (Å²) >= 11 is 6.32. The number of methoxy groups -OCH3 is 1. The number of aromatic carboxylic acids is 1. The second-order valence-corrected chi connectivity index (χ2v) is 13.3. The molecule has 0 aliphatic carbocycles. The predicted octanol–water partition coefficient (Wildman–Crippen LogP) is 4.87. The third-order valence-electron chi connectivity index (χ3n) is 9.79. The van der Waals surface area contributed by atoms with Gasteiger partial charge in [-0.05, 0) is 61.5 Å². The number of pyridine rings is 4. The van der Waals surface area contributed by atoms with E-state index in [0.29, 0.717) is 41.8 Å². The molecule has 12 nitrogen and oxygen atoms in total. The van der Waals surface area contributed by atoms with Gasteiger partial charge in [-0.1, -0.05) is 17.7 Å². The average molecular weight is 714 g/mol. The minimum atomic E-state index is -1.40. The predicted molar refractivity (Wildman–Crippen MR) is 192 cm³/mol. The first kappa shape index (κ1) is 34.3. The van der Waals surface area contributed by atoms with Crippen LogP contribution in [0.2, 0.25) is 5.02 Å². The van der Waals surface area contributed by atoms with Gasteiger partial charge in [0, 0.05) is 75.4 Å². The van der Waals surface area contributed by atoms with Crippen molar-refractivity contribution in [3.8, 4) is 11.6 Å². The highest BCUT2D eigenvalue weighted by molar-refractivity contribution is 6.31. The van der Waals surface area contributed by atoms with Crippen LogP contribution in [0, 0.1) is 5.82 Å². The SMILES string of the molecule is COCCN(C)C1CN(c2ccc(-n3cc(C(=O)O)c(=O)c4cc(F)c(N5CC(c6cccnc6)C[C@@H]5COc5ncccc5Cl)cc43)cn2)C1. The number of hydrogen-bond acceptors (Lipinski definition) is 10. The van der Waals surface area contributed by atoms with Gasteiger partial charge >= 0.3 is 5.97 Å². The summed E-state index contributed by atoms with van der Waals surface area (Å²) in [5.74, 6) is -0.993. The van der Waals surface area contributed by atoms with Crippen LogP contribution in [-0.4, -0.2) is 101 Å². The molecule has 1 N–H and O–H groups in total. The summed E-state index contributed by atoms with van der Waals surface area (Å²) in [5.41, 5.74) is 0.882. The molecule has 0 amide bonds. The van der Waals surface area contributed by atoms with Crippen molar-refractivity contribution in [2.75, 3.05) is 63.4 Å². The van der Waals surface area contributed by atoms with Crippen molar-refractivity contribution in [2.24, 2.45) is 0 Å². The molecule has 0 radical (unpaired) electrons. The summed E-state index contributed by atoms with van der Waals surface area (Å²) in [6.07, 6.45) is 8.64. The van der Waals surface area contributed by atoms with Gasteiger partial charge in [-0.15, -0.1) is 0 Å². The highest BCUT2D eigenvalue weighted by Gasteiger charge is 2.36. The first-order valence-electron chi connectivity index (χ1n) is 16.6. The molecule has 51 heavy (non-hydrogen) atoms. The summed E-state index contributed by atoms with van der Waals surface area (Å²) in [5, 5.41) is 10.2. The van der Waals surface area contributed by atoms with Crippen LogP contribution in [0.1, 0.15) is 28.3 Å². The molecular formula is C37H37ClFN7O5. The Morgan fingerprint density at radius 3 is 2.63 bits per heavy atom. The number of aromatic nitrogens is 4. The van der Waals surface area contributed by atoms with Crippen molar-refractivity contribution < 1.29 is 23.8 Å². The summed E-state index contributed by atoms with van der Waals surface area (Å²) in [7, 11) is 3.76. The molecule has 2 atom stereocenters. The van der Waals surface area contributed by atoms with Crippen LogP contribution < -0.4 is 20.0 Å². The standard InChI is InChI=1S/C37H37ClFN7O5/c1-43(11-12-50-2)27-19-44(20-27)34-8-7-25(17-42-34)46-21-29(37(48)49)35(47)28-14-31(39)33(15-32(28)46)45-18-24(23-5-3-9-40-16-23)13-26(45)22-51-36-30(38)6-4-10-41-36/h3-10,14-17,21,24,26-27H,11-13,18-20,22H2,1-2H3,(H,48,49)/t24?,26-/m1/s1. The van der Waals surface area contributed by atoms with Gasteiger partial charge in [0.05, 0.1) is 35.7 Å². The Hall–Kier alpha value is -5.11. The van der Waals surface area contributed by atoms with Gasteiger partial charge in [0.2, 0.25) is 11.3 Å². The number of likely N-dealkylation sites (N-methyl/N-ethyl adjacent to an activating group) is 1. The fourth-order valence-electron chi connectivity index (χ4n) is 6.85. The number of rotatable bonds is 12. The summed E-state index contributed by atoms with van der Waals surface area (Å²) in [6, 6.07) is 13.8. The van der Waals surface area contributed by atoms with E-state index in [2.05, 4.69) is 31.8 Å². The van der Waals surface area contributed by atoms with Crippen molar-refractivity contribution in [3.63, 3.8) is 0 Å².